The van der Waals surface area contributed by atoms with Crippen LogP contribution >= 0.6 is 15.9 Å². The van der Waals surface area contributed by atoms with Crippen molar-refractivity contribution in [2.24, 2.45) is 5.92 Å². The Hall–Kier alpha value is -1.34. The van der Waals surface area contributed by atoms with Gasteiger partial charge >= 0.3 is 0 Å². The molecule has 1 aromatic heterocycles. The summed E-state index contributed by atoms with van der Waals surface area (Å²) in [5, 5.41) is 14.8. The molecule has 2 rings (SSSR count). The van der Waals surface area contributed by atoms with Crippen molar-refractivity contribution >= 4 is 27.7 Å². The van der Waals surface area contributed by atoms with Gasteiger partial charge in [0.05, 0.1) is 12.6 Å². The average molecular weight is 359 g/mol. The molecular weight excluding hydrogens is 340 g/mol. The number of rotatable bonds is 5. The van der Waals surface area contributed by atoms with Gasteiger partial charge in [0, 0.05) is 6.54 Å². The lowest BCUT2D eigenvalue weighted by molar-refractivity contribution is -0.120. The van der Waals surface area contributed by atoms with Gasteiger partial charge in [0.25, 0.3) is 5.91 Å². The van der Waals surface area contributed by atoms with Crippen LogP contribution in [0.4, 0.5) is 0 Å². The fraction of sp³-hybridized carbons (Fsp3) is 0.571. The molecule has 1 fully saturated rings. The van der Waals surface area contributed by atoms with Crippen molar-refractivity contribution in [1.82, 2.24) is 10.6 Å². The van der Waals surface area contributed by atoms with Crippen molar-refractivity contribution in [1.29, 1.82) is 0 Å². The van der Waals surface area contributed by atoms with E-state index in [9.17, 15) is 14.7 Å². The van der Waals surface area contributed by atoms with Crippen LogP contribution in [0.5, 0.6) is 0 Å². The molecule has 0 radical (unpaired) electrons. The summed E-state index contributed by atoms with van der Waals surface area (Å²) in [5.41, 5.74) is 0. The second kappa shape index (κ2) is 7.61. The zero-order valence-corrected chi connectivity index (χ0v) is 13.2. The molecule has 0 aliphatic heterocycles. The number of nitrogens with one attached hydrogen (secondary N) is 2. The maximum absolute atomic E-state index is 11.7. The molecule has 21 heavy (non-hydrogen) atoms. The van der Waals surface area contributed by atoms with Gasteiger partial charge < -0.3 is 20.2 Å². The topological polar surface area (TPSA) is 91.6 Å². The van der Waals surface area contributed by atoms with Gasteiger partial charge in [0.1, 0.15) is 0 Å². The Morgan fingerprint density at radius 1 is 1.33 bits per heavy atom. The molecule has 1 aromatic rings. The fourth-order valence-corrected chi connectivity index (χ4v) is 2.76. The highest BCUT2D eigenvalue weighted by atomic mass is 79.9. The maximum atomic E-state index is 11.7. The van der Waals surface area contributed by atoms with Crippen LogP contribution < -0.4 is 10.6 Å². The van der Waals surface area contributed by atoms with E-state index in [1.807, 2.05) is 0 Å². The van der Waals surface area contributed by atoms with E-state index in [0.29, 0.717) is 17.1 Å². The van der Waals surface area contributed by atoms with Gasteiger partial charge in [-0.05, 0) is 53.2 Å². The highest BCUT2D eigenvalue weighted by Crippen LogP contribution is 2.23. The minimum atomic E-state index is -0.427. The molecule has 1 heterocycles. The van der Waals surface area contributed by atoms with Crippen molar-refractivity contribution in [3.8, 4) is 0 Å². The van der Waals surface area contributed by atoms with Crippen LogP contribution in [-0.4, -0.2) is 36.1 Å². The number of hydrogen-bond acceptors (Lipinski definition) is 4. The molecule has 6 nitrogen and oxygen atoms in total. The van der Waals surface area contributed by atoms with Crippen LogP contribution in [0.15, 0.2) is 21.2 Å². The second-order valence-corrected chi connectivity index (χ2v) is 6.06. The number of aliphatic hydroxyl groups is 1. The van der Waals surface area contributed by atoms with Gasteiger partial charge in [-0.15, -0.1) is 0 Å². The van der Waals surface area contributed by atoms with Gasteiger partial charge in [-0.1, -0.05) is 6.42 Å². The SMILES string of the molecule is O=C(CNC(=O)c1ccc(Br)o1)NCC1CCCC(O)C1. The summed E-state index contributed by atoms with van der Waals surface area (Å²) < 4.78 is 5.56. The Kier molecular flexibility index (Phi) is 5.81. The molecule has 1 saturated carbocycles. The third-order valence-corrected chi connectivity index (χ3v) is 3.98. The first kappa shape index (κ1) is 16.0. The van der Waals surface area contributed by atoms with E-state index in [0.717, 1.165) is 25.7 Å². The Balaban J connectivity index is 1.66. The summed E-state index contributed by atoms with van der Waals surface area (Å²) in [6.07, 6.45) is 3.33. The summed E-state index contributed by atoms with van der Waals surface area (Å²) in [6, 6.07) is 3.14. The molecule has 2 unspecified atom stereocenters. The summed E-state index contributed by atoms with van der Waals surface area (Å²) >= 11 is 3.11. The van der Waals surface area contributed by atoms with Crippen LogP contribution in [0, 0.1) is 5.92 Å². The molecule has 0 saturated heterocycles. The quantitative estimate of drug-likeness (QED) is 0.742. The van der Waals surface area contributed by atoms with Gasteiger partial charge in [-0.3, -0.25) is 9.59 Å². The number of carbonyl (C=O) groups is 2. The molecule has 2 atom stereocenters. The molecule has 1 aliphatic rings. The maximum Gasteiger partial charge on any atom is 0.287 e. The normalized spacial score (nSPS) is 21.8. The Morgan fingerprint density at radius 2 is 2.14 bits per heavy atom. The van der Waals surface area contributed by atoms with E-state index < -0.39 is 5.91 Å². The van der Waals surface area contributed by atoms with Gasteiger partial charge in [-0.25, -0.2) is 0 Å². The van der Waals surface area contributed by atoms with E-state index >= 15 is 0 Å². The highest BCUT2D eigenvalue weighted by molar-refractivity contribution is 9.10. The lowest BCUT2D eigenvalue weighted by Gasteiger charge is -2.25. The van der Waals surface area contributed by atoms with Crippen molar-refractivity contribution in [2.75, 3.05) is 13.1 Å². The first-order valence-electron chi connectivity index (χ1n) is 7.03. The van der Waals surface area contributed by atoms with E-state index in [-0.39, 0.29) is 24.3 Å². The lowest BCUT2D eigenvalue weighted by atomic mass is 9.87. The molecule has 0 spiro atoms. The van der Waals surface area contributed by atoms with Crippen LogP contribution in [-0.2, 0) is 4.79 Å². The predicted octanol–water partition coefficient (Wildman–Crippen LogP) is 1.44. The standard InChI is InChI=1S/C14H19BrN2O4/c15-12-5-4-11(21-12)14(20)17-8-13(19)16-7-9-2-1-3-10(18)6-9/h4-5,9-10,18H,1-3,6-8H2,(H,16,19)(H,17,20). The number of furan rings is 1. The third-order valence-electron chi connectivity index (χ3n) is 3.55. The average Bonchev–Trinajstić information content (AvgIpc) is 2.89. The van der Waals surface area contributed by atoms with E-state index in [1.165, 1.54) is 6.07 Å². The first-order valence-corrected chi connectivity index (χ1v) is 7.82. The first-order chi connectivity index (χ1) is 10.0. The number of hydrogen-bond donors (Lipinski definition) is 3. The molecule has 0 bridgehead atoms. The smallest absolute Gasteiger partial charge is 0.287 e. The minimum Gasteiger partial charge on any atom is -0.444 e. The molecule has 0 aromatic carbocycles. The van der Waals surface area contributed by atoms with E-state index in [1.54, 1.807) is 6.07 Å². The number of amides is 2. The third kappa shape index (κ3) is 5.17. The molecule has 116 valence electrons. The van der Waals surface area contributed by atoms with Crippen LogP contribution in [0.1, 0.15) is 36.2 Å². The van der Waals surface area contributed by atoms with Crippen molar-refractivity contribution in [3.63, 3.8) is 0 Å². The Labute approximate surface area is 131 Å². The molecule has 7 heteroatoms. The summed E-state index contributed by atoms with van der Waals surface area (Å²) in [6.45, 7) is 0.449. The molecular formula is C14H19BrN2O4. The summed E-state index contributed by atoms with van der Waals surface area (Å²) in [4.78, 5) is 23.4. The lowest BCUT2D eigenvalue weighted by Crippen LogP contribution is -2.39. The molecule has 1 aliphatic carbocycles. The second-order valence-electron chi connectivity index (χ2n) is 5.28. The van der Waals surface area contributed by atoms with E-state index in [4.69, 9.17) is 4.42 Å². The van der Waals surface area contributed by atoms with Gasteiger partial charge in [-0.2, -0.15) is 0 Å². The number of aliphatic hydroxyl groups excluding tert-OH is 1. The minimum absolute atomic E-state index is 0.0908. The predicted molar refractivity (Wildman–Crippen MR) is 79.7 cm³/mol. The van der Waals surface area contributed by atoms with Crippen LogP contribution in [0.3, 0.4) is 0 Å². The number of halogens is 1. The van der Waals surface area contributed by atoms with Crippen LogP contribution in [0.2, 0.25) is 0 Å². The van der Waals surface area contributed by atoms with Gasteiger partial charge in [0.15, 0.2) is 10.4 Å². The summed E-state index contributed by atoms with van der Waals surface area (Å²) in [7, 11) is 0. The Bertz CT molecular complexity index is 503. The van der Waals surface area contributed by atoms with Crippen LogP contribution in [0.25, 0.3) is 0 Å². The largest absolute Gasteiger partial charge is 0.444 e. The van der Waals surface area contributed by atoms with Crippen molar-refractivity contribution < 1.29 is 19.1 Å². The highest BCUT2D eigenvalue weighted by Gasteiger charge is 2.20. The van der Waals surface area contributed by atoms with E-state index in [2.05, 4.69) is 26.6 Å². The molecule has 2 amide bonds. The fourth-order valence-electron chi connectivity index (χ4n) is 2.45. The monoisotopic (exact) mass is 358 g/mol. The van der Waals surface area contributed by atoms with Crippen molar-refractivity contribution in [2.45, 2.75) is 31.8 Å². The zero-order valence-electron chi connectivity index (χ0n) is 11.6. The zero-order chi connectivity index (χ0) is 15.2. The van der Waals surface area contributed by atoms with Gasteiger partial charge in [0.2, 0.25) is 5.91 Å². The van der Waals surface area contributed by atoms with Crippen molar-refractivity contribution in [3.05, 3.63) is 22.6 Å². The Morgan fingerprint density at radius 3 is 2.81 bits per heavy atom. The number of carbonyl (C=O) groups excluding carboxylic acids is 2. The molecule has 3 N–H and O–H groups in total. The summed E-state index contributed by atoms with van der Waals surface area (Å²) in [5.74, 6) is -0.197.